The Morgan fingerprint density at radius 3 is 2.56 bits per heavy atom. The Kier molecular flexibility index (Phi) is 6.10. The first-order valence-electron chi connectivity index (χ1n) is 8.43. The first kappa shape index (κ1) is 18.9. The number of nitro groups is 1. The van der Waals surface area contributed by atoms with E-state index in [0.717, 1.165) is 24.5 Å². The topological polar surface area (TPSA) is 96.7 Å². The molecule has 0 spiro atoms. The largest absolute Gasteiger partial charge is 0.378 e. The zero-order valence-electron chi connectivity index (χ0n) is 14.5. The van der Waals surface area contributed by atoms with E-state index < -0.39 is 4.92 Å². The highest BCUT2D eigenvalue weighted by atomic mass is 35.5. The van der Waals surface area contributed by atoms with E-state index in [9.17, 15) is 14.9 Å². The molecule has 0 atom stereocenters. The van der Waals surface area contributed by atoms with Crippen LogP contribution in [-0.2, 0) is 9.53 Å². The Labute approximate surface area is 161 Å². The molecule has 8 nitrogen and oxygen atoms in total. The fourth-order valence-electron chi connectivity index (χ4n) is 2.78. The maximum Gasteiger partial charge on any atom is 0.269 e. The van der Waals surface area contributed by atoms with Crippen molar-refractivity contribution in [2.24, 2.45) is 0 Å². The molecule has 1 saturated heterocycles. The number of rotatable bonds is 6. The molecule has 1 fully saturated rings. The second kappa shape index (κ2) is 8.70. The molecular weight excluding hydrogens is 372 g/mol. The van der Waals surface area contributed by atoms with Crippen LogP contribution in [0.3, 0.4) is 0 Å². The number of halogens is 1. The van der Waals surface area contributed by atoms with E-state index in [4.69, 9.17) is 16.3 Å². The summed E-state index contributed by atoms with van der Waals surface area (Å²) in [5.41, 5.74) is 2.20. The third-order valence-corrected chi connectivity index (χ3v) is 4.35. The summed E-state index contributed by atoms with van der Waals surface area (Å²) in [6.45, 7) is 2.89. The molecule has 1 aliphatic heterocycles. The number of nitro benzene ring substituents is 1. The van der Waals surface area contributed by atoms with E-state index in [2.05, 4.69) is 15.5 Å². The van der Waals surface area contributed by atoms with Gasteiger partial charge in [-0.15, -0.1) is 0 Å². The number of carbonyl (C=O) groups is 1. The minimum Gasteiger partial charge on any atom is -0.378 e. The molecule has 27 heavy (non-hydrogen) atoms. The predicted octanol–water partition coefficient (Wildman–Crippen LogP) is 3.14. The lowest BCUT2D eigenvalue weighted by Crippen LogP contribution is -2.36. The molecule has 0 bridgehead atoms. The van der Waals surface area contributed by atoms with Gasteiger partial charge in [-0.25, -0.2) is 0 Å². The smallest absolute Gasteiger partial charge is 0.269 e. The van der Waals surface area contributed by atoms with Crippen LogP contribution in [0.2, 0.25) is 5.02 Å². The molecule has 0 radical (unpaired) electrons. The highest BCUT2D eigenvalue weighted by molar-refractivity contribution is 6.31. The van der Waals surface area contributed by atoms with E-state index in [-0.39, 0.29) is 18.1 Å². The number of non-ortho nitro benzene ring substituents is 1. The number of anilines is 3. The fraction of sp³-hybridized carbons (Fsp3) is 0.278. The van der Waals surface area contributed by atoms with Crippen LogP contribution in [0.25, 0.3) is 0 Å². The zero-order valence-corrected chi connectivity index (χ0v) is 15.2. The van der Waals surface area contributed by atoms with Crippen molar-refractivity contribution in [3.05, 3.63) is 57.6 Å². The Morgan fingerprint density at radius 1 is 1.19 bits per heavy atom. The van der Waals surface area contributed by atoms with Crippen molar-refractivity contribution in [3.8, 4) is 0 Å². The quantitative estimate of drug-likeness (QED) is 0.581. The van der Waals surface area contributed by atoms with Gasteiger partial charge in [-0.05, 0) is 30.3 Å². The minimum absolute atomic E-state index is 0.0276. The summed E-state index contributed by atoms with van der Waals surface area (Å²) in [5.74, 6) is -0.267. The molecule has 0 unspecified atom stereocenters. The standard InChI is InChI=1S/C18H19ClN4O4/c19-13-1-6-17(22-7-9-27-10-8-22)16(11-13)20-12-18(24)21-14-2-4-15(5-3-14)23(25)26/h1-6,11,20H,7-10,12H2,(H,21,24). The lowest BCUT2D eigenvalue weighted by Gasteiger charge is -2.30. The van der Waals surface area contributed by atoms with Crippen LogP contribution in [0.5, 0.6) is 0 Å². The molecule has 1 amide bonds. The number of nitrogens with zero attached hydrogens (tertiary/aromatic N) is 2. The van der Waals surface area contributed by atoms with Crippen molar-refractivity contribution >= 4 is 40.3 Å². The van der Waals surface area contributed by atoms with Crippen molar-refractivity contribution in [2.75, 3.05) is 48.4 Å². The van der Waals surface area contributed by atoms with Gasteiger partial charge in [0.05, 0.1) is 36.1 Å². The Morgan fingerprint density at radius 2 is 1.89 bits per heavy atom. The third-order valence-electron chi connectivity index (χ3n) is 4.11. The number of hydrogen-bond donors (Lipinski definition) is 2. The van der Waals surface area contributed by atoms with Crippen LogP contribution in [0.1, 0.15) is 0 Å². The van der Waals surface area contributed by atoms with Gasteiger partial charge in [-0.3, -0.25) is 14.9 Å². The molecule has 3 rings (SSSR count). The SMILES string of the molecule is O=C(CNc1cc(Cl)ccc1N1CCOCC1)Nc1ccc([N+](=O)[O-])cc1. The number of hydrogen-bond acceptors (Lipinski definition) is 6. The van der Waals surface area contributed by atoms with Crippen LogP contribution in [0.15, 0.2) is 42.5 Å². The molecule has 2 N–H and O–H groups in total. The van der Waals surface area contributed by atoms with Gasteiger partial charge in [0.2, 0.25) is 5.91 Å². The zero-order chi connectivity index (χ0) is 19.2. The van der Waals surface area contributed by atoms with Gasteiger partial charge < -0.3 is 20.3 Å². The first-order valence-corrected chi connectivity index (χ1v) is 8.81. The number of ether oxygens (including phenoxy) is 1. The van der Waals surface area contributed by atoms with Crippen LogP contribution in [-0.4, -0.2) is 43.7 Å². The summed E-state index contributed by atoms with van der Waals surface area (Å²) in [7, 11) is 0. The number of nitrogens with one attached hydrogen (secondary N) is 2. The Bertz CT molecular complexity index is 823. The van der Waals surface area contributed by atoms with Crippen LogP contribution in [0.4, 0.5) is 22.7 Å². The summed E-state index contributed by atoms with van der Waals surface area (Å²) in [6.07, 6.45) is 0. The molecule has 0 aliphatic carbocycles. The maximum atomic E-state index is 12.2. The minimum atomic E-state index is -0.487. The van der Waals surface area contributed by atoms with Crippen molar-refractivity contribution in [1.29, 1.82) is 0 Å². The second-order valence-electron chi connectivity index (χ2n) is 5.97. The molecule has 2 aromatic rings. The van der Waals surface area contributed by atoms with Crippen molar-refractivity contribution < 1.29 is 14.5 Å². The van der Waals surface area contributed by atoms with Gasteiger partial charge in [0.25, 0.3) is 5.69 Å². The summed E-state index contributed by atoms with van der Waals surface area (Å²) < 4.78 is 5.38. The normalized spacial score (nSPS) is 13.9. The van der Waals surface area contributed by atoms with Crippen molar-refractivity contribution in [1.82, 2.24) is 0 Å². The third kappa shape index (κ3) is 5.08. The molecule has 0 aromatic heterocycles. The van der Waals surface area contributed by atoms with Crippen LogP contribution < -0.4 is 15.5 Å². The highest BCUT2D eigenvalue weighted by Crippen LogP contribution is 2.29. The van der Waals surface area contributed by atoms with Gasteiger partial charge in [0.15, 0.2) is 0 Å². The summed E-state index contributed by atoms with van der Waals surface area (Å²) in [4.78, 5) is 24.6. The average Bonchev–Trinajstić information content (AvgIpc) is 2.67. The molecule has 0 saturated carbocycles. The van der Waals surface area contributed by atoms with Crippen molar-refractivity contribution in [2.45, 2.75) is 0 Å². The molecule has 9 heteroatoms. The van der Waals surface area contributed by atoms with Crippen LogP contribution >= 0.6 is 11.6 Å². The van der Waals surface area contributed by atoms with E-state index in [1.165, 1.54) is 24.3 Å². The summed E-state index contributed by atoms with van der Waals surface area (Å²) >= 11 is 6.10. The average molecular weight is 391 g/mol. The number of benzene rings is 2. The molecule has 142 valence electrons. The van der Waals surface area contributed by atoms with Gasteiger partial charge in [-0.1, -0.05) is 11.6 Å². The highest BCUT2D eigenvalue weighted by Gasteiger charge is 2.16. The van der Waals surface area contributed by atoms with E-state index in [0.29, 0.717) is 23.9 Å². The molecular formula is C18H19ClN4O4. The number of morpholine rings is 1. The van der Waals surface area contributed by atoms with Gasteiger partial charge in [0.1, 0.15) is 0 Å². The summed E-state index contributed by atoms with van der Waals surface area (Å²) in [5, 5.41) is 17.1. The van der Waals surface area contributed by atoms with Crippen LogP contribution in [0, 0.1) is 10.1 Å². The maximum absolute atomic E-state index is 12.2. The summed E-state index contributed by atoms with van der Waals surface area (Å²) in [6, 6.07) is 11.2. The lowest BCUT2D eigenvalue weighted by molar-refractivity contribution is -0.384. The van der Waals surface area contributed by atoms with Gasteiger partial charge in [-0.2, -0.15) is 0 Å². The fourth-order valence-corrected chi connectivity index (χ4v) is 2.95. The monoisotopic (exact) mass is 390 g/mol. The Hall–Kier alpha value is -2.84. The molecule has 1 aliphatic rings. The Balaban J connectivity index is 1.62. The molecule has 1 heterocycles. The molecule has 2 aromatic carbocycles. The van der Waals surface area contributed by atoms with E-state index in [1.54, 1.807) is 6.07 Å². The first-order chi connectivity index (χ1) is 13.0. The van der Waals surface area contributed by atoms with Crippen molar-refractivity contribution in [3.63, 3.8) is 0 Å². The lowest BCUT2D eigenvalue weighted by atomic mass is 10.2. The van der Waals surface area contributed by atoms with E-state index >= 15 is 0 Å². The number of carbonyl (C=O) groups excluding carboxylic acids is 1. The van der Waals surface area contributed by atoms with Gasteiger partial charge in [0, 0.05) is 35.9 Å². The van der Waals surface area contributed by atoms with E-state index in [1.807, 2.05) is 12.1 Å². The van der Waals surface area contributed by atoms with Gasteiger partial charge >= 0.3 is 0 Å². The predicted molar refractivity (Wildman–Crippen MR) is 105 cm³/mol. The number of amides is 1. The second-order valence-corrected chi connectivity index (χ2v) is 6.40.